The topological polar surface area (TPSA) is 120 Å². The number of phenols is 1. The number of amides is 2. The lowest BCUT2D eigenvalue weighted by atomic mass is 9.92. The summed E-state index contributed by atoms with van der Waals surface area (Å²) in [4.78, 5) is 39.3. The third-order valence-electron chi connectivity index (χ3n) is 6.35. The van der Waals surface area contributed by atoms with Gasteiger partial charge in [-0.3, -0.25) is 9.59 Å². The van der Waals surface area contributed by atoms with Gasteiger partial charge in [0.05, 0.1) is 18.7 Å². The molecular weight excluding hydrogens is 446 g/mol. The molecule has 0 radical (unpaired) electrons. The van der Waals surface area contributed by atoms with Crippen molar-refractivity contribution in [2.75, 3.05) is 20.2 Å². The normalized spacial score (nSPS) is 14.6. The number of benzene rings is 2. The minimum absolute atomic E-state index is 0.0944. The molecule has 1 atom stereocenters. The van der Waals surface area contributed by atoms with Crippen LogP contribution in [-0.4, -0.2) is 54.0 Å². The molecule has 1 aliphatic rings. The minimum atomic E-state index is -0.805. The number of carbonyl (C=O) groups is 3. The number of phenolic OH excluding ortho intramolecular Hbond substituents is 1. The molecule has 0 aliphatic carbocycles. The van der Waals surface area contributed by atoms with Crippen LogP contribution in [0.25, 0.3) is 0 Å². The van der Waals surface area contributed by atoms with E-state index in [-0.39, 0.29) is 36.3 Å². The predicted molar refractivity (Wildman–Crippen MR) is 129 cm³/mol. The molecule has 2 amide bonds. The fourth-order valence-electron chi connectivity index (χ4n) is 4.26. The third kappa shape index (κ3) is 7.85. The Kier molecular flexibility index (Phi) is 9.24. The van der Waals surface area contributed by atoms with Gasteiger partial charge in [0.15, 0.2) is 0 Å². The van der Waals surface area contributed by atoms with E-state index in [9.17, 15) is 19.5 Å². The number of nitrogens with zero attached hydrogens (tertiary/aromatic N) is 2. The van der Waals surface area contributed by atoms with Gasteiger partial charge < -0.3 is 20.1 Å². The van der Waals surface area contributed by atoms with Gasteiger partial charge in [0, 0.05) is 32.4 Å². The number of aromatic hydroxyl groups is 1. The van der Waals surface area contributed by atoms with E-state index in [1.807, 2.05) is 17.0 Å². The zero-order valence-electron chi connectivity index (χ0n) is 19.9. The number of methoxy groups -OCH3 is 1. The lowest BCUT2D eigenvalue weighted by Crippen LogP contribution is -2.44. The van der Waals surface area contributed by atoms with Crippen molar-refractivity contribution in [3.05, 3.63) is 65.2 Å². The maximum absolute atomic E-state index is 12.6. The molecule has 8 heteroatoms. The number of hydrogen-bond acceptors (Lipinski definition) is 6. The van der Waals surface area contributed by atoms with Crippen LogP contribution in [0.1, 0.15) is 42.4 Å². The Morgan fingerprint density at radius 3 is 2.31 bits per heavy atom. The maximum atomic E-state index is 12.6. The Morgan fingerprint density at radius 1 is 1.09 bits per heavy atom. The van der Waals surface area contributed by atoms with Crippen LogP contribution in [0.5, 0.6) is 5.75 Å². The van der Waals surface area contributed by atoms with E-state index in [0.717, 1.165) is 24.0 Å². The maximum Gasteiger partial charge on any atom is 0.328 e. The number of rotatable bonds is 9. The third-order valence-corrected chi connectivity index (χ3v) is 6.35. The van der Waals surface area contributed by atoms with Crippen molar-refractivity contribution in [3.8, 4) is 11.8 Å². The number of nitrogens with one attached hydrogen (secondary N) is 1. The van der Waals surface area contributed by atoms with Crippen molar-refractivity contribution >= 4 is 17.8 Å². The molecule has 1 heterocycles. The molecule has 0 spiro atoms. The fourth-order valence-corrected chi connectivity index (χ4v) is 4.26. The highest BCUT2D eigenvalue weighted by Gasteiger charge is 2.27. The Balaban J connectivity index is 1.43. The van der Waals surface area contributed by atoms with E-state index in [0.29, 0.717) is 31.5 Å². The summed E-state index contributed by atoms with van der Waals surface area (Å²) in [5.74, 6) is -0.369. The van der Waals surface area contributed by atoms with E-state index in [4.69, 9.17) is 10.00 Å². The van der Waals surface area contributed by atoms with E-state index in [1.54, 1.807) is 24.3 Å². The molecule has 0 saturated carbocycles. The van der Waals surface area contributed by atoms with Crippen molar-refractivity contribution in [1.82, 2.24) is 10.2 Å². The van der Waals surface area contributed by atoms with Gasteiger partial charge in [0.25, 0.3) is 0 Å². The lowest BCUT2D eigenvalue weighted by molar-refractivity contribution is -0.145. The quantitative estimate of drug-likeness (QED) is 0.536. The van der Waals surface area contributed by atoms with Crippen molar-refractivity contribution < 1.29 is 24.2 Å². The minimum Gasteiger partial charge on any atom is -0.508 e. The van der Waals surface area contributed by atoms with Gasteiger partial charge in [-0.1, -0.05) is 24.3 Å². The summed E-state index contributed by atoms with van der Waals surface area (Å²) >= 11 is 0. The Labute approximate surface area is 205 Å². The Bertz CT molecular complexity index is 1050. The summed E-state index contributed by atoms with van der Waals surface area (Å²) in [5, 5.41) is 21.1. The van der Waals surface area contributed by atoms with Crippen LogP contribution in [-0.2, 0) is 32.0 Å². The first-order valence-corrected chi connectivity index (χ1v) is 11.8. The van der Waals surface area contributed by atoms with Crippen LogP contribution in [0, 0.1) is 17.2 Å². The smallest absolute Gasteiger partial charge is 0.328 e. The average Bonchev–Trinajstić information content (AvgIpc) is 2.88. The van der Waals surface area contributed by atoms with E-state index >= 15 is 0 Å². The lowest BCUT2D eigenvalue weighted by Gasteiger charge is -2.32. The van der Waals surface area contributed by atoms with Crippen LogP contribution in [0.4, 0.5) is 0 Å². The summed E-state index contributed by atoms with van der Waals surface area (Å²) in [7, 11) is 1.28. The standard InChI is InChI=1S/C27H31N3O5/c1-35-27(34)24(16-20-6-9-23(31)10-7-20)29-25(32)17-21-12-14-30(15-13-21)26(33)11-8-19-2-4-22(18-28)5-3-19/h2-7,9-10,21,24,31H,8,11-17H2,1H3,(H,29,32)/t24-/m0/s1. The molecule has 0 aromatic heterocycles. The Morgan fingerprint density at radius 2 is 1.71 bits per heavy atom. The van der Waals surface area contributed by atoms with Gasteiger partial charge in [0.2, 0.25) is 11.8 Å². The van der Waals surface area contributed by atoms with Crippen LogP contribution >= 0.6 is 0 Å². The number of nitriles is 1. The van der Waals surface area contributed by atoms with Crippen LogP contribution < -0.4 is 5.32 Å². The van der Waals surface area contributed by atoms with Gasteiger partial charge in [-0.2, -0.15) is 5.26 Å². The summed E-state index contributed by atoms with van der Waals surface area (Å²) in [6.45, 7) is 1.22. The fraction of sp³-hybridized carbons (Fsp3) is 0.407. The molecular formula is C27H31N3O5. The number of hydrogen-bond donors (Lipinski definition) is 2. The molecule has 8 nitrogen and oxygen atoms in total. The summed E-state index contributed by atoms with van der Waals surface area (Å²) in [5.41, 5.74) is 2.42. The highest BCUT2D eigenvalue weighted by Crippen LogP contribution is 2.22. The van der Waals surface area contributed by atoms with Crippen molar-refractivity contribution in [2.24, 2.45) is 5.92 Å². The SMILES string of the molecule is COC(=O)[C@H](Cc1ccc(O)cc1)NC(=O)CC1CCN(C(=O)CCc2ccc(C#N)cc2)CC1. The predicted octanol–water partition coefficient (Wildman–Crippen LogP) is 2.73. The first-order valence-electron chi connectivity index (χ1n) is 11.8. The molecule has 3 rings (SSSR count). The first kappa shape index (κ1) is 25.8. The van der Waals surface area contributed by atoms with Gasteiger partial charge in [0.1, 0.15) is 11.8 Å². The second-order valence-electron chi connectivity index (χ2n) is 8.85. The Hall–Kier alpha value is -3.86. The summed E-state index contributed by atoms with van der Waals surface area (Å²) < 4.78 is 4.84. The molecule has 184 valence electrons. The number of ether oxygens (including phenoxy) is 1. The average molecular weight is 478 g/mol. The number of piperidine rings is 1. The summed E-state index contributed by atoms with van der Waals surface area (Å²) in [6.07, 6.45) is 3.06. The number of aryl methyl sites for hydroxylation is 1. The summed E-state index contributed by atoms with van der Waals surface area (Å²) in [6, 6.07) is 15.0. The zero-order valence-corrected chi connectivity index (χ0v) is 19.9. The van der Waals surface area contributed by atoms with E-state index in [2.05, 4.69) is 11.4 Å². The van der Waals surface area contributed by atoms with Gasteiger partial charge in [-0.25, -0.2) is 4.79 Å². The number of likely N-dealkylation sites (tertiary alicyclic amines) is 1. The van der Waals surface area contributed by atoms with Gasteiger partial charge in [-0.05, 0) is 60.6 Å². The van der Waals surface area contributed by atoms with Crippen molar-refractivity contribution in [3.63, 3.8) is 0 Å². The number of carbonyl (C=O) groups excluding carboxylic acids is 3. The molecule has 2 aromatic carbocycles. The molecule has 2 N–H and O–H groups in total. The van der Waals surface area contributed by atoms with Gasteiger partial charge in [-0.15, -0.1) is 0 Å². The molecule has 0 bridgehead atoms. The first-order chi connectivity index (χ1) is 16.9. The highest BCUT2D eigenvalue weighted by molar-refractivity contribution is 5.84. The highest BCUT2D eigenvalue weighted by atomic mass is 16.5. The molecule has 0 unspecified atom stereocenters. The molecule has 1 saturated heterocycles. The van der Waals surface area contributed by atoms with Crippen LogP contribution in [0.3, 0.4) is 0 Å². The van der Waals surface area contributed by atoms with Crippen molar-refractivity contribution in [1.29, 1.82) is 5.26 Å². The largest absolute Gasteiger partial charge is 0.508 e. The second kappa shape index (κ2) is 12.6. The molecule has 35 heavy (non-hydrogen) atoms. The second-order valence-corrected chi connectivity index (χ2v) is 8.85. The van der Waals surface area contributed by atoms with Crippen molar-refractivity contribution in [2.45, 2.75) is 44.6 Å². The monoisotopic (exact) mass is 477 g/mol. The van der Waals surface area contributed by atoms with E-state index in [1.165, 1.54) is 19.2 Å². The molecule has 1 fully saturated rings. The van der Waals surface area contributed by atoms with Crippen LogP contribution in [0.2, 0.25) is 0 Å². The number of esters is 1. The molecule has 1 aliphatic heterocycles. The van der Waals surface area contributed by atoms with E-state index < -0.39 is 12.0 Å². The van der Waals surface area contributed by atoms with Crippen LogP contribution in [0.15, 0.2) is 48.5 Å². The van der Waals surface area contributed by atoms with Gasteiger partial charge >= 0.3 is 5.97 Å². The molecule has 2 aromatic rings. The zero-order chi connectivity index (χ0) is 25.2.